The number of halogens is 3. The van der Waals surface area contributed by atoms with Crippen molar-refractivity contribution >= 4 is 21.9 Å². The van der Waals surface area contributed by atoms with E-state index in [0.717, 1.165) is 6.42 Å². The minimum Gasteiger partial charge on any atom is -0.356 e. The molecule has 1 atom stereocenters. The maximum absolute atomic E-state index is 12.6. The van der Waals surface area contributed by atoms with E-state index in [2.05, 4.69) is 20.9 Å². The second-order valence-electron chi connectivity index (χ2n) is 6.39. The van der Waals surface area contributed by atoms with Crippen LogP contribution in [0.5, 0.6) is 0 Å². The van der Waals surface area contributed by atoms with Gasteiger partial charge in [0.15, 0.2) is 5.96 Å². The quantitative estimate of drug-likeness (QED) is 0.421. The second-order valence-corrected chi connectivity index (χ2v) is 8.32. The fourth-order valence-electron chi connectivity index (χ4n) is 2.52. The van der Waals surface area contributed by atoms with E-state index in [-0.39, 0.29) is 50.3 Å². The smallest absolute Gasteiger partial charge is 0.356 e. The Balaban J connectivity index is 2.40. The van der Waals surface area contributed by atoms with Gasteiger partial charge in [0.2, 0.25) is 5.91 Å². The Morgan fingerprint density at radius 1 is 1.30 bits per heavy atom. The number of nitrogens with one attached hydrogen (secondary N) is 3. The van der Waals surface area contributed by atoms with Gasteiger partial charge < -0.3 is 16.0 Å². The van der Waals surface area contributed by atoms with Crippen molar-refractivity contribution in [1.82, 2.24) is 20.3 Å². The lowest BCUT2D eigenvalue weighted by Gasteiger charge is -2.32. The minimum absolute atomic E-state index is 0.0852. The summed E-state index contributed by atoms with van der Waals surface area (Å²) in [6.07, 6.45) is 1.55. The summed E-state index contributed by atoms with van der Waals surface area (Å²) in [6, 6.07) is -0.0991. The normalized spacial score (nSPS) is 18.8. The standard InChI is InChI=1S/C15H28F3N5O3S/c1-4-11(2)21-13(24)5-8-20-14(19-3)22-12-6-9-23(10-7-12)27(25,26)15(16,17)18/h11-12H,4-10H2,1-3H3,(H,21,24)(H2,19,20,22). The zero-order chi connectivity index (χ0) is 20.7. The summed E-state index contributed by atoms with van der Waals surface area (Å²) in [5.74, 6) is 0.335. The molecule has 8 nitrogen and oxygen atoms in total. The van der Waals surface area contributed by atoms with E-state index < -0.39 is 15.5 Å². The van der Waals surface area contributed by atoms with Crippen LogP contribution in [0.4, 0.5) is 13.2 Å². The number of guanidine groups is 1. The van der Waals surface area contributed by atoms with Gasteiger partial charge in [0.1, 0.15) is 0 Å². The van der Waals surface area contributed by atoms with Crippen LogP contribution in [0.1, 0.15) is 39.5 Å². The Morgan fingerprint density at radius 3 is 2.37 bits per heavy atom. The van der Waals surface area contributed by atoms with Gasteiger partial charge in [0.25, 0.3) is 0 Å². The summed E-state index contributed by atoms with van der Waals surface area (Å²) < 4.78 is 61.0. The molecule has 0 radical (unpaired) electrons. The van der Waals surface area contributed by atoms with Crippen LogP contribution in [0.3, 0.4) is 0 Å². The number of hydrogen-bond acceptors (Lipinski definition) is 4. The van der Waals surface area contributed by atoms with Crippen LogP contribution in [0.15, 0.2) is 4.99 Å². The van der Waals surface area contributed by atoms with Gasteiger partial charge in [-0.2, -0.15) is 17.5 Å². The van der Waals surface area contributed by atoms with Gasteiger partial charge in [-0.05, 0) is 26.2 Å². The molecule has 158 valence electrons. The van der Waals surface area contributed by atoms with E-state index in [1.807, 2.05) is 13.8 Å². The third kappa shape index (κ3) is 7.17. The van der Waals surface area contributed by atoms with Gasteiger partial charge in [-0.15, -0.1) is 0 Å². The van der Waals surface area contributed by atoms with Crippen molar-refractivity contribution in [2.24, 2.45) is 4.99 Å². The van der Waals surface area contributed by atoms with Gasteiger partial charge in [-0.25, -0.2) is 8.42 Å². The molecule has 1 aliphatic rings. The summed E-state index contributed by atoms with van der Waals surface area (Å²) in [6.45, 7) is 3.81. The molecule has 1 saturated heterocycles. The topological polar surface area (TPSA) is 103 Å². The van der Waals surface area contributed by atoms with Crippen molar-refractivity contribution in [3.05, 3.63) is 0 Å². The molecule has 0 aliphatic carbocycles. The number of amides is 1. The summed E-state index contributed by atoms with van der Waals surface area (Å²) in [5, 5.41) is 8.86. The molecule has 1 amide bonds. The largest absolute Gasteiger partial charge is 0.511 e. The van der Waals surface area contributed by atoms with Crippen molar-refractivity contribution in [2.45, 2.75) is 57.1 Å². The van der Waals surface area contributed by atoms with Crippen molar-refractivity contribution in [3.8, 4) is 0 Å². The summed E-state index contributed by atoms with van der Waals surface area (Å²) >= 11 is 0. The average Bonchev–Trinajstić information content (AvgIpc) is 2.60. The highest BCUT2D eigenvalue weighted by Gasteiger charge is 2.50. The zero-order valence-corrected chi connectivity index (χ0v) is 16.6. The molecule has 1 rings (SSSR count). The zero-order valence-electron chi connectivity index (χ0n) is 15.8. The summed E-state index contributed by atoms with van der Waals surface area (Å²) in [5.41, 5.74) is -5.28. The minimum atomic E-state index is -5.28. The Labute approximate surface area is 158 Å². The monoisotopic (exact) mass is 415 g/mol. The Kier molecular flexibility index (Phi) is 8.79. The van der Waals surface area contributed by atoms with E-state index in [0.29, 0.717) is 16.8 Å². The molecule has 0 aromatic carbocycles. The number of hydrogen-bond donors (Lipinski definition) is 3. The molecule has 12 heteroatoms. The van der Waals surface area contributed by atoms with Crippen LogP contribution < -0.4 is 16.0 Å². The highest BCUT2D eigenvalue weighted by Crippen LogP contribution is 2.28. The molecule has 0 bridgehead atoms. The summed E-state index contributed by atoms with van der Waals surface area (Å²) in [7, 11) is -3.74. The first-order chi connectivity index (χ1) is 12.5. The Hall–Kier alpha value is -1.56. The lowest BCUT2D eigenvalue weighted by atomic mass is 10.1. The molecule has 1 heterocycles. The van der Waals surface area contributed by atoms with Gasteiger partial charge >= 0.3 is 15.5 Å². The van der Waals surface area contributed by atoms with Crippen molar-refractivity contribution in [3.63, 3.8) is 0 Å². The number of carbonyl (C=O) groups excluding carboxylic acids is 1. The van der Waals surface area contributed by atoms with E-state index in [1.165, 1.54) is 7.05 Å². The van der Waals surface area contributed by atoms with Crippen LogP contribution in [-0.4, -0.2) is 68.9 Å². The molecule has 1 aliphatic heterocycles. The van der Waals surface area contributed by atoms with Crippen molar-refractivity contribution in [1.29, 1.82) is 0 Å². The molecule has 3 N–H and O–H groups in total. The first-order valence-electron chi connectivity index (χ1n) is 8.84. The lowest BCUT2D eigenvalue weighted by Crippen LogP contribution is -2.51. The molecule has 27 heavy (non-hydrogen) atoms. The SMILES string of the molecule is CCC(C)NC(=O)CCNC(=NC)NC1CCN(S(=O)(=O)C(F)(F)F)CC1. The van der Waals surface area contributed by atoms with Gasteiger partial charge in [0.05, 0.1) is 0 Å². The van der Waals surface area contributed by atoms with Crippen LogP contribution in [0.2, 0.25) is 0 Å². The van der Waals surface area contributed by atoms with Gasteiger partial charge in [0, 0.05) is 45.2 Å². The van der Waals surface area contributed by atoms with E-state index in [1.54, 1.807) is 0 Å². The van der Waals surface area contributed by atoms with Crippen LogP contribution in [-0.2, 0) is 14.8 Å². The first-order valence-corrected chi connectivity index (χ1v) is 10.3. The van der Waals surface area contributed by atoms with Gasteiger partial charge in [-0.1, -0.05) is 6.92 Å². The molecule has 0 aromatic heterocycles. The highest BCUT2D eigenvalue weighted by molar-refractivity contribution is 7.90. The van der Waals surface area contributed by atoms with E-state index in [4.69, 9.17) is 0 Å². The molecule has 0 saturated carbocycles. The summed E-state index contributed by atoms with van der Waals surface area (Å²) in [4.78, 5) is 15.7. The third-order valence-electron chi connectivity index (χ3n) is 4.32. The molecule has 1 unspecified atom stereocenters. The van der Waals surface area contributed by atoms with Crippen LogP contribution >= 0.6 is 0 Å². The molecular formula is C15H28F3N5O3S. The predicted molar refractivity (Wildman–Crippen MR) is 96.6 cm³/mol. The number of carbonyl (C=O) groups is 1. The lowest BCUT2D eigenvalue weighted by molar-refractivity contribution is -0.121. The van der Waals surface area contributed by atoms with E-state index >= 15 is 0 Å². The fraction of sp³-hybridized carbons (Fsp3) is 0.867. The number of alkyl halides is 3. The van der Waals surface area contributed by atoms with Gasteiger partial charge in [-0.3, -0.25) is 9.79 Å². The molecule has 1 fully saturated rings. The second kappa shape index (κ2) is 10.1. The Morgan fingerprint density at radius 2 is 1.89 bits per heavy atom. The first kappa shape index (κ1) is 23.5. The molecule has 0 aromatic rings. The molecule has 0 spiro atoms. The fourth-order valence-corrected chi connectivity index (χ4v) is 3.50. The number of nitrogens with zero attached hydrogens (tertiary/aromatic N) is 2. The predicted octanol–water partition coefficient (Wildman–Crippen LogP) is 0.770. The van der Waals surface area contributed by atoms with Crippen LogP contribution in [0, 0.1) is 0 Å². The number of sulfonamides is 1. The van der Waals surface area contributed by atoms with E-state index in [9.17, 15) is 26.4 Å². The number of rotatable bonds is 7. The van der Waals surface area contributed by atoms with Crippen molar-refractivity contribution in [2.75, 3.05) is 26.7 Å². The average molecular weight is 415 g/mol. The number of piperidine rings is 1. The highest BCUT2D eigenvalue weighted by atomic mass is 32.2. The maximum atomic E-state index is 12.6. The Bertz CT molecular complexity index is 617. The maximum Gasteiger partial charge on any atom is 0.511 e. The number of aliphatic imine (C=N–C) groups is 1. The molecular weight excluding hydrogens is 387 g/mol. The van der Waals surface area contributed by atoms with Crippen molar-refractivity contribution < 1.29 is 26.4 Å². The third-order valence-corrected chi connectivity index (χ3v) is 5.95. The van der Waals surface area contributed by atoms with Crippen LogP contribution in [0.25, 0.3) is 0 Å².